The van der Waals surface area contributed by atoms with Crippen LogP contribution >= 0.6 is 0 Å². The van der Waals surface area contributed by atoms with Gasteiger partial charge in [0.2, 0.25) is 0 Å². The van der Waals surface area contributed by atoms with Gasteiger partial charge >= 0.3 is 18.2 Å². The maximum Gasteiger partial charge on any atom is 0.516 e. The molecule has 174 valence electrons. The number of ether oxygens (including phenoxy) is 3. The van der Waals surface area contributed by atoms with Gasteiger partial charge in [-0.25, -0.2) is 9.59 Å². The second-order valence-corrected chi connectivity index (χ2v) is 8.69. The predicted octanol–water partition coefficient (Wildman–Crippen LogP) is 4.35. The van der Waals surface area contributed by atoms with Gasteiger partial charge in [0.25, 0.3) is 0 Å². The van der Waals surface area contributed by atoms with Crippen LogP contribution in [0.4, 0.5) is 9.59 Å². The van der Waals surface area contributed by atoms with E-state index in [2.05, 4.69) is 10.1 Å². The Hall–Kier alpha value is -3.68. The number of carbonyl (C=O) groups is 4. The molecule has 0 radical (unpaired) electrons. The molecular weight excluding hydrogens is 426 g/mol. The molecule has 2 aromatic carbocycles. The van der Waals surface area contributed by atoms with E-state index in [0.717, 1.165) is 22.3 Å². The van der Waals surface area contributed by atoms with Crippen LogP contribution in [0.15, 0.2) is 48.5 Å². The number of hydrogen-bond donors (Lipinski definition) is 1. The zero-order chi connectivity index (χ0) is 24.0. The summed E-state index contributed by atoms with van der Waals surface area (Å²) in [5, 5.41) is 2.43. The summed E-state index contributed by atoms with van der Waals surface area (Å²) >= 11 is 0. The van der Waals surface area contributed by atoms with Gasteiger partial charge in [0.1, 0.15) is 18.5 Å². The molecule has 2 aromatic rings. The summed E-state index contributed by atoms with van der Waals surface area (Å²) in [4.78, 5) is 46.9. The second kappa shape index (κ2) is 10.3. The average molecular weight is 453 g/mol. The fourth-order valence-corrected chi connectivity index (χ4v) is 3.65. The normalized spacial score (nSPS) is 13.3. The Morgan fingerprint density at radius 1 is 1.00 bits per heavy atom. The topological polar surface area (TPSA) is 108 Å². The number of fused-ring (bicyclic) bond motifs is 3. The molecular formula is C25H27NO7. The first kappa shape index (κ1) is 24.0. The summed E-state index contributed by atoms with van der Waals surface area (Å²) in [5.41, 5.74) is 3.56. The van der Waals surface area contributed by atoms with Crippen LogP contribution in [-0.2, 0) is 23.8 Å². The van der Waals surface area contributed by atoms with E-state index in [1.54, 1.807) is 20.8 Å². The maximum absolute atomic E-state index is 12.3. The van der Waals surface area contributed by atoms with Crippen molar-refractivity contribution in [2.75, 3.05) is 6.61 Å². The number of alkyl carbamates (subject to hydrolysis) is 1. The highest BCUT2D eigenvalue weighted by Gasteiger charge is 2.29. The fourth-order valence-electron chi connectivity index (χ4n) is 3.65. The van der Waals surface area contributed by atoms with Gasteiger partial charge in [0.15, 0.2) is 0 Å². The lowest BCUT2D eigenvalue weighted by Crippen LogP contribution is -2.37. The standard InChI is InChI=1S/C25H27NO7/c1-25(2,3)33-24(30)32-22(28)13-12-16(14-27)26-23(29)31-15-21-19-10-6-4-8-17(19)18-9-5-7-11-20(18)21/h4-11,14,16,21H,12-13,15H2,1-3H3,(H,26,29)/t16-/m0/s1. The summed E-state index contributed by atoms with van der Waals surface area (Å²) in [6, 6.07) is 14.9. The molecule has 0 fully saturated rings. The van der Waals surface area contributed by atoms with Crippen LogP contribution < -0.4 is 5.32 Å². The molecule has 0 saturated heterocycles. The monoisotopic (exact) mass is 453 g/mol. The van der Waals surface area contributed by atoms with E-state index in [4.69, 9.17) is 9.47 Å². The van der Waals surface area contributed by atoms with Crippen molar-refractivity contribution in [3.63, 3.8) is 0 Å². The summed E-state index contributed by atoms with van der Waals surface area (Å²) in [5.74, 6) is -0.966. The molecule has 0 saturated carbocycles. The number of amides is 1. The SMILES string of the molecule is CC(C)(C)OC(=O)OC(=O)CC[C@@H](C=O)NC(=O)OCC1c2ccccc2-c2ccccc21. The van der Waals surface area contributed by atoms with Crippen molar-refractivity contribution in [2.45, 2.75) is 51.2 Å². The minimum absolute atomic E-state index is 0.0463. The Bertz CT molecular complexity index is 996. The number of esters is 1. The molecule has 0 bridgehead atoms. The van der Waals surface area contributed by atoms with E-state index in [-0.39, 0.29) is 25.4 Å². The Kier molecular flexibility index (Phi) is 7.48. The molecule has 0 aromatic heterocycles. The van der Waals surface area contributed by atoms with Crippen molar-refractivity contribution in [3.05, 3.63) is 59.7 Å². The van der Waals surface area contributed by atoms with E-state index in [1.807, 2.05) is 48.5 Å². The van der Waals surface area contributed by atoms with Crippen LogP contribution in [0.25, 0.3) is 11.1 Å². The summed E-state index contributed by atoms with van der Waals surface area (Å²) in [7, 11) is 0. The van der Waals surface area contributed by atoms with Crippen molar-refractivity contribution >= 4 is 24.5 Å². The zero-order valence-electron chi connectivity index (χ0n) is 18.8. The van der Waals surface area contributed by atoms with Gasteiger partial charge in [-0.1, -0.05) is 48.5 Å². The molecule has 1 atom stereocenters. The average Bonchev–Trinajstić information content (AvgIpc) is 3.07. The Balaban J connectivity index is 1.49. The third-order valence-electron chi connectivity index (χ3n) is 5.06. The summed E-state index contributed by atoms with van der Waals surface area (Å²) < 4.78 is 14.8. The molecule has 8 nitrogen and oxygen atoms in total. The molecule has 33 heavy (non-hydrogen) atoms. The quantitative estimate of drug-likeness (QED) is 0.377. The molecule has 1 aliphatic carbocycles. The van der Waals surface area contributed by atoms with E-state index in [1.165, 1.54) is 0 Å². The van der Waals surface area contributed by atoms with Gasteiger partial charge in [-0.2, -0.15) is 0 Å². The number of hydrogen-bond acceptors (Lipinski definition) is 7. The van der Waals surface area contributed by atoms with Crippen LogP contribution in [0, 0.1) is 0 Å². The summed E-state index contributed by atoms with van der Waals surface area (Å²) in [6.45, 7) is 5.02. The first-order chi connectivity index (χ1) is 15.7. The highest BCUT2D eigenvalue weighted by molar-refractivity contribution is 5.82. The molecule has 0 spiro atoms. The van der Waals surface area contributed by atoms with Crippen LogP contribution in [-0.4, -0.2) is 42.8 Å². The predicted molar refractivity (Wildman–Crippen MR) is 120 cm³/mol. The highest BCUT2D eigenvalue weighted by Crippen LogP contribution is 2.44. The van der Waals surface area contributed by atoms with Crippen molar-refractivity contribution in [1.29, 1.82) is 0 Å². The van der Waals surface area contributed by atoms with Crippen LogP contribution in [0.2, 0.25) is 0 Å². The lowest BCUT2D eigenvalue weighted by molar-refractivity contribution is -0.141. The van der Waals surface area contributed by atoms with Gasteiger partial charge in [-0.15, -0.1) is 0 Å². The van der Waals surface area contributed by atoms with Crippen molar-refractivity contribution < 1.29 is 33.4 Å². The van der Waals surface area contributed by atoms with Gasteiger partial charge in [0, 0.05) is 12.3 Å². The molecule has 1 N–H and O–H groups in total. The third kappa shape index (κ3) is 6.41. The van der Waals surface area contributed by atoms with Crippen LogP contribution in [0.1, 0.15) is 50.7 Å². The lowest BCUT2D eigenvalue weighted by Gasteiger charge is -2.18. The van der Waals surface area contributed by atoms with Gasteiger partial charge in [0.05, 0.1) is 6.04 Å². The Morgan fingerprint density at radius 2 is 1.58 bits per heavy atom. The number of nitrogens with one attached hydrogen (secondary N) is 1. The largest absolute Gasteiger partial charge is 0.516 e. The van der Waals surface area contributed by atoms with E-state index in [0.29, 0.717) is 6.29 Å². The number of carbonyl (C=O) groups excluding carboxylic acids is 4. The number of aldehydes is 1. The number of rotatable bonds is 7. The molecule has 1 amide bonds. The zero-order valence-corrected chi connectivity index (χ0v) is 18.8. The maximum atomic E-state index is 12.3. The second-order valence-electron chi connectivity index (χ2n) is 8.69. The molecule has 3 rings (SSSR count). The van der Waals surface area contributed by atoms with Gasteiger partial charge < -0.3 is 24.3 Å². The van der Waals surface area contributed by atoms with Crippen molar-refractivity contribution in [3.8, 4) is 11.1 Å². The third-order valence-corrected chi connectivity index (χ3v) is 5.06. The van der Waals surface area contributed by atoms with E-state index < -0.39 is 29.9 Å². The molecule has 1 aliphatic rings. The lowest BCUT2D eigenvalue weighted by atomic mass is 9.98. The fraction of sp³-hybridized carbons (Fsp3) is 0.360. The minimum atomic E-state index is -1.11. The van der Waals surface area contributed by atoms with Gasteiger partial charge in [-0.3, -0.25) is 4.79 Å². The molecule has 8 heteroatoms. The van der Waals surface area contributed by atoms with Crippen molar-refractivity contribution in [1.82, 2.24) is 5.32 Å². The Labute approximate surface area is 192 Å². The van der Waals surface area contributed by atoms with Crippen LogP contribution in [0.5, 0.6) is 0 Å². The smallest absolute Gasteiger partial charge is 0.449 e. The molecule has 0 heterocycles. The summed E-state index contributed by atoms with van der Waals surface area (Å²) in [6.07, 6.45) is -1.68. The van der Waals surface area contributed by atoms with E-state index >= 15 is 0 Å². The highest BCUT2D eigenvalue weighted by atomic mass is 16.7. The first-order valence-electron chi connectivity index (χ1n) is 10.7. The number of benzene rings is 2. The van der Waals surface area contributed by atoms with Crippen molar-refractivity contribution in [2.24, 2.45) is 0 Å². The first-order valence-corrected chi connectivity index (χ1v) is 10.7. The Morgan fingerprint density at radius 3 is 2.12 bits per heavy atom. The molecule has 0 aliphatic heterocycles. The van der Waals surface area contributed by atoms with Crippen LogP contribution in [0.3, 0.4) is 0 Å². The van der Waals surface area contributed by atoms with E-state index in [9.17, 15) is 19.2 Å². The molecule has 0 unspecified atom stereocenters. The van der Waals surface area contributed by atoms with Gasteiger partial charge in [-0.05, 0) is 49.4 Å². The minimum Gasteiger partial charge on any atom is -0.449 e.